The molecule has 0 aromatic heterocycles. The van der Waals surface area contributed by atoms with Crippen LogP contribution in [0.15, 0.2) is 30.3 Å². The zero-order valence-electron chi connectivity index (χ0n) is 20.6. The van der Waals surface area contributed by atoms with Crippen LogP contribution in [0.1, 0.15) is 55.2 Å². The minimum absolute atomic E-state index is 0.144. The lowest BCUT2D eigenvalue weighted by molar-refractivity contribution is -0.109. The van der Waals surface area contributed by atoms with Gasteiger partial charge in [-0.3, -0.25) is 0 Å². The van der Waals surface area contributed by atoms with Gasteiger partial charge in [-0.2, -0.15) is 0 Å². The van der Waals surface area contributed by atoms with Gasteiger partial charge >= 0.3 is 0 Å². The van der Waals surface area contributed by atoms with E-state index in [4.69, 9.17) is 18.9 Å². The van der Waals surface area contributed by atoms with E-state index in [9.17, 15) is 4.79 Å². The first-order valence-corrected chi connectivity index (χ1v) is 11.7. The van der Waals surface area contributed by atoms with Crippen molar-refractivity contribution in [1.29, 1.82) is 0 Å². The smallest absolute Gasteiger partial charge is 0.165 e. The third kappa shape index (κ3) is 6.41. The molecule has 0 spiro atoms. The van der Waals surface area contributed by atoms with Crippen molar-refractivity contribution in [3.8, 4) is 23.0 Å². The van der Waals surface area contributed by atoms with Gasteiger partial charge in [0.05, 0.1) is 14.2 Å². The number of nitrogens with zero attached hydrogens (tertiary/aromatic N) is 1. The van der Waals surface area contributed by atoms with Crippen LogP contribution in [0.3, 0.4) is 0 Å². The third-order valence-electron chi connectivity index (χ3n) is 6.17. The minimum atomic E-state index is -0.144. The first-order valence-electron chi connectivity index (χ1n) is 11.7. The summed E-state index contributed by atoms with van der Waals surface area (Å²) in [5.74, 6) is 3.32. The van der Waals surface area contributed by atoms with Crippen molar-refractivity contribution in [3.63, 3.8) is 0 Å². The quantitative estimate of drug-likeness (QED) is 0.427. The summed E-state index contributed by atoms with van der Waals surface area (Å²) in [7, 11) is 5.46. The molecule has 0 saturated heterocycles. The summed E-state index contributed by atoms with van der Waals surface area (Å²) in [4.78, 5) is 14.4. The van der Waals surface area contributed by atoms with Crippen LogP contribution in [0.4, 0.5) is 0 Å². The van der Waals surface area contributed by atoms with Crippen LogP contribution >= 0.6 is 0 Å². The van der Waals surface area contributed by atoms with Crippen LogP contribution in [0.5, 0.6) is 23.0 Å². The van der Waals surface area contributed by atoms with Gasteiger partial charge < -0.3 is 28.6 Å². The van der Waals surface area contributed by atoms with Gasteiger partial charge in [0.2, 0.25) is 0 Å². The van der Waals surface area contributed by atoms with Crippen molar-refractivity contribution in [2.45, 2.75) is 44.9 Å². The highest BCUT2D eigenvalue weighted by Crippen LogP contribution is 2.42. The standard InChI is InChI=1S/C27H37NO5/c1-19(2)26-24(8-9-25-27(26)33-14-13-32-25)21(18-29)7-6-11-28(3)12-10-20-15-22(30-4)17-23(16-20)31-5/h8-9,15-19,21H,6-7,10-14H2,1-5H3. The fourth-order valence-corrected chi connectivity index (χ4v) is 4.39. The van der Waals surface area contributed by atoms with Crippen molar-refractivity contribution < 1.29 is 23.7 Å². The second-order valence-corrected chi connectivity index (χ2v) is 8.91. The van der Waals surface area contributed by atoms with Gasteiger partial charge in [-0.1, -0.05) is 19.9 Å². The summed E-state index contributed by atoms with van der Waals surface area (Å²) < 4.78 is 22.4. The normalized spacial score (nSPS) is 13.8. The fourth-order valence-electron chi connectivity index (χ4n) is 4.39. The molecular formula is C27H37NO5. The van der Waals surface area contributed by atoms with Gasteiger partial charge in [0.1, 0.15) is 31.0 Å². The number of ether oxygens (including phenoxy) is 4. The molecular weight excluding hydrogens is 418 g/mol. The molecule has 180 valence electrons. The number of likely N-dealkylation sites (N-methyl/N-ethyl adjacent to an activating group) is 1. The van der Waals surface area contributed by atoms with Crippen LogP contribution in [-0.4, -0.2) is 58.8 Å². The molecule has 1 heterocycles. The predicted molar refractivity (Wildman–Crippen MR) is 130 cm³/mol. The molecule has 0 saturated carbocycles. The Morgan fingerprint density at radius 2 is 1.73 bits per heavy atom. The summed E-state index contributed by atoms with van der Waals surface area (Å²) in [5, 5.41) is 0. The maximum absolute atomic E-state index is 12.0. The Kier molecular flexibility index (Phi) is 9.01. The number of rotatable bonds is 12. The van der Waals surface area contributed by atoms with E-state index < -0.39 is 0 Å². The van der Waals surface area contributed by atoms with Gasteiger partial charge in [0.25, 0.3) is 0 Å². The highest BCUT2D eigenvalue weighted by atomic mass is 16.6. The second-order valence-electron chi connectivity index (χ2n) is 8.91. The Balaban J connectivity index is 1.58. The Bertz CT molecular complexity index is 905. The number of carbonyl (C=O) groups excluding carboxylic acids is 1. The number of aldehydes is 1. The number of carbonyl (C=O) groups is 1. The van der Waals surface area contributed by atoms with Gasteiger partial charge in [0, 0.05) is 24.1 Å². The van der Waals surface area contributed by atoms with Crippen molar-refractivity contribution in [2.24, 2.45) is 0 Å². The summed E-state index contributed by atoms with van der Waals surface area (Å²) in [6.07, 6.45) is 3.73. The number of fused-ring (bicyclic) bond motifs is 1. The monoisotopic (exact) mass is 455 g/mol. The third-order valence-corrected chi connectivity index (χ3v) is 6.17. The Morgan fingerprint density at radius 3 is 2.36 bits per heavy atom. The second kappa shape index (κ2) is 11.9. The van der Waals surface area contributed by atoms with Crippen molar-refractivity contribution in [1.82, 2.24) is 4.90 Å². The molecule has 1 atom stereocenters. The van der Waals surface area contributed by atoms with Crippen molar-refractivity contribution in [3.05, 3.63) is 47.0 Å². The lowest BCUT2D eigenvalue weighted by atomic mass is 9.86. The molecule has 2 aromatic rings. The highest BCUT2D eigenvalue weighted by molar-refractivity contribution is 5.66. The van der Waals surface area contributed by atoms with E-state index in [-0.39, 0.29) is 11.8 Å². The average molecular weight is 456 g/mol. The molecule has 6 heteroatoms. The first-order chi connectivity index (χ1) is 16.0. The lowest BCUT2D eigenvalue weighted by Gasteiger charge is -2.27. The topological polar surface area (TPSA) is 57.2 Å². The van der Waals surface area contributed by atoms with Gasteiger partial charge in [-0.05, 0) is 68.1 Å². The molecule has 0 bridgehead atoms. The molecule has 2 aromatic carbocycles. The molecule has 6 nitrogen and oxygen atoms in total. The number of methoxy groups -OCH3 is 2. The largest absolute Gasteiger partial charge is 0.497 e. The molecule has 33 heavy (non-hydrogen) atoms. The first kappa shape index (κ1) is 24.9. The summed E-state index contributed by atoms with van der Waals surface area (Å²) in [6.45, 7) is 7.23. The van der Waals surface area contributed by atoms with Crippen LogP contribution < -0.4 is 18.9 Å². The van der Waals surface area contributed by atoms with Gasteiger partial charge in [-0.25, -0.2) is 0 Å². The van der Waals surface area contributed by atoms with E-state index in [0.717, 1.165) is 72.8 Å². The van der Waals surface area contributed by atoms with Crippen LogP contribution in [-0.2, 0) is 11.2 Å². The molecule has 1 unspecified atom stereocenters. The maximum atomic E-state index is 12.0. The lowest BCUT2D eigenvalue weighted by Crippen LogP contribution is -2.23. The fraction of sp³-hybridized carbons (Fsp3) is 0.519. The Labute approximate surface area is 197 Å². The zero-order valence-corrected chi connectivity index (χ0v) is 20.6. The van der Waals surface area contributed by atoms with Crippen LogP contribution in [0.25, 0.3) is 0 Å². The van der Waals surface area contributed by atoms with E-state index >= 15 is 0 Å². The molecule has 0 amide bonds. The number of benzene rings is 2. The Morgan fingerprint density at radius 1 is 1.03 bits per heavy atom. The minimum Gasteiger partial charge on any atom is -0.497 e. The van der Waals surface area contributed by atoms with E-state index in [2.05, 4.69) is 25.8 Å². The molecule has 0 radical (unpaired) electrons. The van der Waals surface area contributed by atoms with Gasteiger partial charge in [-0.15, -0.1) is 0 Å². The summed E-state index contributed by atoms with van der Waals surface area (Å²) in [5.41, 5.74) is 3.35. The summed E-state index contributed by atoms with van der Waals surface area (Å²) >= 11 is 0. The number of hydrogen-bond donors (Lipinski definition) is 0. The van der Waals surface area contributed by atoms with Crippen LogP contribution in [0.2, 0.25) is 0 Å². The highest BCUT2D eigenvalue weighted by Gasteiger charge is 2.25. The molecule has 1 aliphatic rings. The molecule has 0 aliphatic carbocycles. The maximum Gasteiger partial charge on any atom is 0.165 e. The van der Waals surface area contributed by atoms with Crippen LogP contribution in [0, 0.1) is 0 Å². The molecule has 0 fully saturated rings. The van der Waals surface area contributed by atoms with Gasteiger partial charge in [0.15, 0.2) is 11.5 Å². The van der Waals surface area contributed by atoms with E-state index in [0.29, 0.717) is 13.2 Å². The van der Waals surface area contributed by atoms with E-state index in [1.54, 1.807) is 14.2 Å². The molecule has 3 rings (SSSR count). The SMILES string of the molecule is COc1cc(CCN(C)CCCC(C=O)c2ccc3c(c2C(C)C)OCCO3)cc(OC)c1. The van der Waals surface area contributed by atoms with E-state index in [1.165, 1.54) is 5.56 Å². The van der Waals surface area contributed by atoms with Crippen molar-refractivity contribution >= 4 is 6.29 Å². The number of hydrogen-bond acceptors (Lipinski definition) is 6. The van der Waals surface area contributed by atoms with E-state index in [1.807, 2.05) is 30.3 Å². The predicted octanol–water partition coefficient (Wildman–Crippen LogP) is 4.84. The molecule has 0 N–H and O–H groups in total. The Hall–Kier alpha value is -2.73. The summed E-state index contributed by atoms with van der Waals surface area (Å²) in [6, 6.07) is 9.97. The average Bonchev–Trinajstić information content (AvgIpc) is 2.84. The zero-order chi connectivity index (χ0) is 23.8. The van der Waals surface area contributed by atoms with Crippen molar-refractivity contribution in [2.75, 3.05) is 47.6 Å². The molecule has 1 aliphatic heterocycles.